The summed E-state index contributed by atoms with van der Waals surface area (Å²) in [5.74, 6) is 0. The topological polar surface area (TPSA) is 29.9 Å². The molecule has 0 aliphatic carbocycles. The summed E-state index contributed by atoms with van der Waals surface area (Å²) >= 11 is 15.2. The van der Waals surface area contributed by atoms with E-state index in [1.807, 2.05) is 4.68 Å². The SMILES string of the molecule is CCNC(c1cc(Br)sc1Br)c1c(Cl)cnn1C(C)C. The van der Waals surface area contributed by atoms with E-state index in [4.69, 9.17) is 11.6 Å². The molecule has 110 valence electrons. The summed E-state index contributed by atoms with van der Waals surface area (Å²) in [7, 11) is 0. The van der Waals surface area contributed by atoms with Crippen molar-refractivity contribution < 1.29 is 0 Å². The molecule has 20 heavy (non-hydrogen) atoms. The molecule has 2 rings (SSSR count). The molecule has 0 aliphatic rings. The van der Waals surface area contributed by atoms with E-state index in [-0.39, 0.29) is 12.1 Å². The lowest BCUT2D eigenvalue weighted by atomic mass is 10.1. The normalized spacial score (nSPS) is 13.2. The maximum absolute atomic E-state index is 6.38. The van der Waals surface area contributed by atoms with Gasteiger partial charge in [0.1, 0.15) is 0 Å². The molecule has 0 aromatic carbocycles. The van der Waals surface area contributed by atoms with Crippen LogP contribution in [0.4, 0.5) is 0 Å². The maximum atomic E-state index is 6.38. The number of halogens is 3. The Morgan fingerprint density at radius 3 is 2.65 bits per heavy atom. The molecule has 1 atom stereocenters. The molecule has 0 saturated carbocycles. The van der Waals surface area contributed by atoms with Gasteiger partial charge in [-0.25, -0.2) is 0 Å². The summed E-state index contributed by atoms with van der Waals surface area (Å²) in [5, 5.41) is 8.60. The Kier molecular flexibility index (Phi) is 5.71. The van der Waals surface area contributed by atoms with Crippen LogP contribution in [0.15, 0.2) is 19.8 Å². The van der Waals surface area contributed by atoms with Gasteiger partial charge in [-0.05, 0) is 58.3 Å². The second-order valence-electron chi connectivity index (χ2n) is 4.69. The number of thiophene rings is 1. The smallest absolute Gasteiger partial charge is 0.0837 e. The molecule has 0 bridgehead atoms. The fraction of sp³-hybridized carbons (Fsp3) is 0.462. The first-order valence-electron chi connectivity index (χ1n) is 6.36. The molecule has 0 aliphatic heterocycles. The van der Waals surface area contributed by atoms with Crippen molar-refractivity contribution in [3.8, 4) is 0 Å². The Morgan fingerprint density at radius 2 is 2.15 bits per heavy atom. The highest BCUT2D eigenvalue weighted by atomic mass is 79.9. The van der Waals surface area contributed by atoms with Gasteiger partial charge >= 0.3 is 0 Å². The summed E-state index contributed by atoms with van der Waals surface area (Å²) in [6.07, 6.45) is 1.72. The summed E-state index contributed by atoms with van der Waals surface area (Å²) in [6, 6.07) is 2.41. The molecule has 2 aromatic heterocycles. The van der Waals surface area contributed by atoms with E-state index >= 15 is 0 Å². The van der Waals surface area contributed by atoms with Crippen LogP contribution in [0.2, 0.25) is 5.02 Å². The van der Waals surface area contributed by atoms with Crippen LogP contribution in [0.1, 0.15) is 44.1 Å². The highest BCUT2D eigenvalue weighted by Crippen LogP contribution is 2.39. The van der Waals surface area contributed by atoms with Gasteiger partial charge in [-0.2, -0.15) is 5.10 Å². The minimum atomic E-state index is 0.0225. The Labute approximate surface area is 145 Å². The molecule has 1 N–H and O–H groups in total. The van der Waals surface area contributed by atoms with Gasteiger partial charge in [-0.15, -0.1) is 11.3 Å². The third-order valence-corrected chi connectivity index (χ3v) is 5.63. The lowest BCUT2D eigenvalue weighted by Crippen LogP contribution is -2.25. The molecule has 0 fully saturated rings. The molecular formula is C13H16Br2ClN3S. The van der Waals surface area contributed by atoms with Crippen LogP contribution >= 0.6 is 54.8 Å². The van der Waals surface area contributed by atoms with Crippen molar-refractivity contribution in [1.82, 2.24) is 15.1 Å². The third-order valence-electron chi connectivity index (χ3n) is 2.95. The Bertz CT molecular complexity index is 594. The van der Waals surface area contributed by atoms with Gasteiger partial charge in [0.2, 0.25) is 0 Å². The minimum Gasteiger partial charge on any atom is -0.305 e. The quantitative estimate of drug-likeness (QED) is 0.673. The predicted molar refractivity (Wildman–Crippen MR) is 92.9 cm³/mol. The molecule has 0 amide bonds. The van der Waals surface area contributed by atoms with Gasteiger partial charge in [-0.3, -0.25) is 4.68 Å². The third kappa shape index (κ3) is 3.30. The second kappa shape index (κ2) is 6.92. The average molecular weight is 442 g/mol. The van der Waals surface area contributed by atoms with E-state index in [1.165, 1.54) is 5.56 Å². The molecule has 0 spiro atoms. The maximum Gasteiger partial charge on any atom is 0.0837 e. The van der Waals surface area contributed by atoms with Crippen molar-refractivity contribution in [2.24, 2.45) is 0 Å². The molecule has 3 nitrogen and oxygen atoms in total. The minimum absolute atomic E-state index is 0.0225. The summed E-state index contributed by atoms with van der Waals surface area (Å²) < 4.78 is 4.17. The van der Waals surface area contributed by atoms with Crippen molar-refractivity contribution in [2.75, 3.05) is 6.54 Å². The summed E-state index contributed by atoms with van der Waals surface area (Å²) in [6.45, 7) is 7.15. The Hall–Kier alpha value is 0.120. The van der Waals surface area contributed by atoms with Crippen molar-refractivity contribution in [3.05, 3.63) is 36.1 Å². The highest BCUT2D eigenvalue weighted by molar-refractivity contribution is 9.12. The number of rotatable bonds is 5. The van der Waals surface area contributed by atoms with E-state index in [9.17, 15) is 0 Å². The zero-order valence-electron chi connectivity index (χ0n) is 11.5. The fourth-order valence-electron chi connectivity index (χ4n) is 2.14. The van der Waals surface area contributed by atoms with Gasteiger partial charge in [0, 0.05) is 11.6 Å². The lowest BCUT2D eigenvalue weighted by molar-refractivity contribution is 0.476. The molecule has 2 heterocycles. The van der Waals surface area contributed by atoms with Gasteiger partial charge in [0.25, 0.3) is 0 Å². The Balaban J connectivity index is 2.54. The zero-order chi connectivity index (χ0) is 14.9. The zero-order valence-corrected chi connectivity index (χ0v) is 16.2. The van der Waals surface area contributed by atoms with Crippen LogP contribution in [-0.2, 0) is 0 Å². The summed E-state index contributed by atoms with van der Waals surface area (Å²) in [4.78, 5) is 0. The highest BCUT2D eigenvalue weighted by Gasteiger charge is 2.25. The number of nitrogens with zero attached hydrogens (tertiary/aromatic N) is 2. The lowest BCUT2D eigenvalue weighted by Gasteiger charge is -2.21. The van der Waals surface area contributed by atoms with Crippen LogP contribution in [-0.4, -0.2) is 16.3 Å². The molecule has 2 aromatic rings. The van der Waals surface area contributed by atoms with Crippen molar-refractivity contribution in [2.45, 2.75) is 32.9 Å². The first-order valence-corrected chi connectivity index (χ1v) is 9.14. The summed E-state index contributed by atoms with van der Waals surface area (Å²) in [5.41, 5.74) is 2.18. The van der Waals surface area contributed by atoms with E-state index < -0.39 is 0 Å². The van der Waals surface area contributed by atoms with E-state index in [0.717, 1.165) is 19.8 Å². The number of nitrogens with one attached hydrogen (secondary N) is 1. The van der Waals surface area contributed by atoms with Gasteiger partial charge in [0.05, 0.1) is 30.5 Å². The number of hydrogen-bond acceptors (Lipinski definition) is 3. The van der Waals surface area contributed by atoms with Crippen LogP contribution in [0, 0.1) is 0 Å². The number of hydrogen-bond donors (Lipinski definition) is 1. The fourth-order valence-corrected chi connectivity index (χ4v) is 5.28. The predicted octanol–water partition coefficient (Wildman–Crippen LogP) is 5.40. The average Bonchev–Trinajstić information content (AvgIpc) is 2.90. The molecule has 7 heteroatoms. The molecular weight excluding hydrogens is 425 g/mol. The first-order chi connectivity index (χ1) is 9.45. The van der Waals surface area contributed by atoms with Crippen LogP contribution in [0.3, 0.4) is 0 Å². The van der Waals surface area contributed by atoms with Crippen molar-refractivity contribution in [3.63, 3.8) is 0 Å². The van der Waals surface area contributed by atoms with Crippen molar-refractivity contribution in [1.29, 1.82) is 0 Å². The Morgan fingerprint density at radius 1 is 1.45 bits per heavy atom. The van der Waals surface area contributed by atoms with Crippen LogP contribution < -0.4 is 5.32 Å². The van der Waals surface area contributed by atoms with E-state index in [2.05, 4.69) is 69.1 Å². The van der Waals surface area contributed by atoms with Crippen LogP contribution in [0.5, 0.6) is 0 Å². The molecule has 1 unspecified atom stereocenters. The largest absolute Gasteiger partial charge is 0.305 e. The molecule has 0 radical (unpaired) electrons. The van der Waals surface area contributed by atoms with Gasteiger partial charge in [-0.1, -0.05) is 18.5 Å². The van der Waals surface area contributed by atoms with E-state index in [1.54, 1.807) is 17.5 Å². The van der Waals surface area contributed by atoms with Gasteiger partial charge < -0.3 is 5.32 Å². The second-order valence-corrected chi connectivity index (χ2v) is 8.84. The first kappa shape index (κ1) is 16.5. The molecule has 0 saturated heterocycles. The van der Waals surface area contributed by atoms with E-state index in [0.29, 0.717) is 5.02 Å². The van der Waals surface area contributed by atoms with Crippen LogP contribution in [0.25, 0.3) is 0 Å². The standard InChI is InChI=1S/C13H16Br2ClN3S/c1-4-17-11(8-5-10(14)20-13(8)15)12-9(16)6-18-19(12)7(2)3/h5-7,11,17H,4H2,1-3H3. The monoisotopic (exact) mass is 439 g/mol. The van der Waals surface area contributed by atoms with Crippen molar-refractivity contribution >= 4 is 54.8 Å². The number of aromatic nitrogens is 2. The van der Waals surface area contributed by atoms with Gasteiger partial charge in [0.15, 0.2) is 0 Å².